The fraction of sp³-hybridized carbons (Fsp3) is 0.417. The summed E-state index contributed by atoms with van der Waals surface area (Å²) in [7, 11) is 3.55. The van der Waals surface area contributed by atoms with Gasteiger partial charge >= 0.3 is 5.69 Å². The Hall–Kier alpha value is -1.55. The normalized spacial score (nSPS) is 12.3. The van der Waals surface area contributed by atoms with Gasteiger partial charge in [0.25, 0.3) is 0 Å². The maximum Gasteiger partial charge on any atom is 0.328 e. The molecule has 1 heterocycles. The SMILES string of the molecule is Cn1c(=O)n(C)c2c(C(C)(C)N)cccc21. The van der Waals surface area contributed by atoms with E-state index in [9.17, 15) is 4.79 Å². The third-order valence-corrected chi connectivity index (χ3v) is 2.98. The van der Waals surface area contributed by atoms with Crippen molar-refractivity contribution in [2.24, 2.45) is 19.8 Å². The van der Waals surface area contributed by atoms with Crippen LogP contribution in [0.5, 0.6) is 0 Å². The van der Waals surface area contributed by atoms with E-state index in [1.165, 1.54) is 0 Å². The molecular formula is C12H17N3O. The van der Waals surface area contributed by atoms with E-state index < -0.39 is 5.54 Å². The van der Waals surface area contributed by atoms with E-state index in [1.54, 1.807) is 23.2 Å². The van der Waals surface area contributed by atoms with Gasteiger partial charge in [-0.1, -0.05) is 12.1 Å². The van der Waals surface area contributed by atoms with Crippen molar-refractivity contribution in [2.45, 2.75) is 19.4 Å². The Morgan fingerprint density at radius 3 is 2.38 bits per heavy atom. The van der Waals surface area contributed by atoms with Crippen molar-refractivity contribution in [1.82, 2.24) is 9.13 Å². The Bertz CT molecular complexity index is 599. The van der Waals surface area contributed by atoms with Gasteiger partial charge in [0.15, 0.2) is 0 Å². The Labute approximate surface area is 94.3 Å². The van der Waals surface area contributed by atoms with Crippen LogP contribution in [0.4, 0.5) is 0 Å². The molecule has 0 radical (unpaired) electrons. The summed E-state index contributed by atoms with van der Waals surface area (Å²) in [6.07, 6.45) is 0. The fourth-order valence-electron chi connectivity index (χ4n) is 2.10. The molecule has 0 aliphatic heterocycles. The second-order valence-electron chi connectivity index (χ2n) is 4.80. The topological polar surface area (TPSA) is 53.0 Å². The number of fused-ring (bicyclic) bond motifs is 1. The molecule has 2 rings (SSSR count). The first-order chi connectivity index (χ1) is 7.34. The van der Waals surface area contributed by atoms with Crippen molar-refractivity contribution in [3.8, 4) is 0 Å². The van der Waals surface area contributed by atoms with Crippen molar-refractivity contribution < 1.29 is 0 Å². The summed E-state index contributed by atoms with van der Waals surface area (Å²) >= 11 is 0. The average Bonchev–Trinajstić information content (AvgIpc) is 2.43. The largest absolute Gasteiger partial charge is 0.328 e. The van der Waals surface area contributed by atoms with Gasteiger partial charge < -0.3 is 5.73 Å². The second kappa shape index (κ2) is 3.22. The predicted molar refractivity (Wildman–Crippen MR) is 65.4 cm³/mol. The molecule has 0 saturated carbocycles. The van der Waals surface area contributed by atoms with E-state index >= 15 is 0 Å². The van der Waals surface area contributed by atoms with Crippen LogP contribution >= 0.6 is 0 Å². The highest BCUT2D eigenvalue weighted by atomic mass is 16.1. The molecule has 0 fully saturated rings. The summed E-state index contributed by atoms with van der Waals surface area (Å²) < 4.78 is 3.30. The molecule has 0 spiro atoms. The molecule has 86 valence electrons. The van der Waals surface area contributed by atoms with Crippen LogP contribution in [0.15, 0.2) is 23.0 Å². The van der Waals surface area contributed by atoms with Crippen LogP contribution in [0.25, 0.3) is 11.0 Å². The molecule has 2 aromatic rings. The molecule has 0 unspecified atom stereocenters. The summed E-state index contributed by atoms with van der Waals surface area (Å²) in [5, 5.41) is 0. The summed E-state index contributed by atoms with van der Waals surface area (Å²) in [5.74, 6) is 0. The lowest BCUT2D eigenvalue weighted by molar-refractivity contribution is 0.556. The zero-order valence-corrected chi connectivity index (χ0v) is 10.1. The van der Waals surface area contributed by atoms with E-state index in [2.05, 4.69) is 0 Å². The van der Waals surface area contributed by atoms with Gasteiger partial charge in [0, 0.05) is 19.6 Å². The molecule has 1 aromatic heterocycles. The van der Waals surface area contributed by atoms with Gasteiger partial charge in [0.05, 0.1) is 11.0 Å². The summed E-state index contributed by atoms with van der Waals surface area (Å²) in [6.45, 7) is 3.89. The lowest BCUT2D eigenvalue weighted by Crippen LogP contribution is -2.29. The zero-order valence-electron chi connectivity index (χ0n) is 10.1. The minimum Gasteiger partial charge on any atom is -0.322 e. The maximum atomic E-state index is 11.9. The van der Waals surface area contributed by atoms with Gasteiger partial charge in [-0.25, -0.2) is 4.79 Å². The van der Waals surface area contributed by atoms with Gasteiger partial charge in [-0.05, 0) is 25.5 Å². The molecule has 4 nitrogen and oxygen atoms in total. The second-order valence-corrected chi connectivity index (χ2v) is 4.80. The number of nitrogens with two attached hydrogens (primary N) is 1. The molecule has 0 aliphatic carbocycles. The fourth-order valence-corrected chi connectivity index (χ4v) is 2.10. The average molecular weight is 219 g/mol. The molecule has 0 atom stereocenters. The molecule has 1 aromatic carbocycles. The Balaban J connectivity index is 2.99. The van der Waals surface area contributed by atoms with E-state index in [0.29, 0.717) is 0 Å². The minimum absolute atomic E-state index is 0.0216. The van der Waals surface area contributed by atoms with Crippen molar-refractivity contribution >= 4 is 11.0 Å². The van der Waals surface area contributed by atoms with Crippen LogP contribution in [-0.2, 0) is 19.6 Å². The number of rotatable bonds is 1. The van der Waals surface area contributed by atoms with Crippen LogP contribution in [0.3, 0.4) is 0 Å². The lowest BCUT2D eigenvalue weighted by Gasteiger charge is -2.20. The highest BCUT2D eigenvalue weighted by molar-refractivity contribution is 5.80. The first-order valence-corrected chi connectivity index (χ1v) is 5.28. The van der Waals surface area contributed by atoms with Gasteiger partial charge in [-0.2, -0.15) is 0 Å². The summed E-state index contributed by atoms with van der Waals surface area (Å²) in [5.41, 5.74) is 8.48. The number of benzene rings is 1. The zero-order chi connectivity index (χ0) is 12.1. The Morgan fingerprint density at radius 1 is 1.19 bits per heavy atom. The number of aromatic nitrogens is 2. The molecule has 4 heteroatoms. The third kappa shape index (κ3) is 1.38. The van der Waals surface area contributed by atoms with Crippen molar-refractivity contribution in [3.63, 3.8) is 0 Å². The van der Waals surface area contributed by atoms with Crippen molar-refractivity contribution in [1.29, 1.82) is 0 Å². The number of hydrogen-bond acceptors (Lipinski definition) is 2. The predicted octanol–water partition coefficient (Wildman–Crippen LogP) is 1.07. The third-order valence-electron chi connectivity index (χ3n) is 2.98. The van der Waals surface area contributed by atoms with Crippen LogP contribution in [0.1, 0.15) is 19.4 Å². The highest BCUT2D eigenvalue weighted by Gasteiger charge is 2.20. The smallest absolute Gasteiger partial charge is 0.322 e. The van der Waals surface area contributed by atoms with Crippen LogP contribution in [0, 0.1) is 0 Å². The monoisotopic (exact) mass is 219 g/mol. The van der Waals surface area contributed by atoms with Crippen LogP contribution in [-0.4, -0.2) is 9.13 Å². The minimum atomic E-state index is -0.453. The van der Waals surface area contributed by atoms with E-state index in [-0.39, 0.29) is 5.69 Å². The number of para-hydroxylation sites is 1. The molecule has 16 heavy (non-hydrogen) atoms. The number of nitrogens with zero attached hydrogens (tertiary/aromatic N) is 2. The van der Waals surface area contributed by atoms with Gasteiger partial charge in [0.2, 0.25) is 0 Å². The number of imidazole rings is 1. The first-order valence-electron chi connectivity index (χ1n) is 5.28. The lowest BCUT2D eigenvalue weighted by atomic mass is 9.94. The van der Waals surface area contributed by atoms with Gasteiger partial charge in [0.1, 0.15) is 0 Å². The van der Waals surface area contributed by atoms with Crippen molar-refractivity contribution in [2.75, 3.05) is 0 Å². The van der Waals surface area contributed by atoms with Gasteiger partial charge in [-0.15, -0.1) is 0 Å². The Kier molecular flexibility index (Phi) is 2.20. The van der Waals surface area contributed by atoms with Gasteiger partial charge in [-0.3, -0.25) is 9.13 Å². The van der Waals surface area contributed by atoms with E-state index in [1.807, 2.05) is 32.0 Å². The quantitative estimate of drug-likeness (QED) is 0.780. The maximum absolute atomic E-state index is 11.9. The first kappa shape index (κ1) is 11.0. The van der Waals surface area contributed by atoms with Crippen LogP contribution in [0.2, 0.25) is 0 Å². The standard InChI is InChI=1S/C12H17N3O/c1-12(2,13)8-6-5-7-9-10(8)15(4)11(16)14(9)3/h5-7H,13H2,1-4H3. The molecular weight excluding hydrogens is 202 g/mol. The number of aryl methyl sites for hydroxylation is 2. The highest BCUT2D eigenvalue weighted by Crippen LogP contribution is 2.25. The van der Waals surface area contributed by atoms with E-state index in [4.69, 9.17) is 5.73 Å². The molecule has 0 aliphatic rings. The molecule has 0 bridgehead atoms. The Morgan fingerprint density at radius 2 is 1.81 bits per heavy atom. The summed E-state index contributed by atoms with van der Waals surface area (Å²) in [6, 6.07) is 5.85. The molecule has 2 N–H and O–H groups in total. The summed E-state index contributed by atoms with van der Waals surface area (Å²) in [4.78, 5) is 11.9. The van der Waals surface area contributed by atoms with Crippen molar-refractivity contribution in [3.05, 3.63) is 34.2 Å². The van der Waals surface area contributed by atoms with E-state index in [0.717, 1.165) is 16.6 Å². The molecule has 0 amide bonds. The van der Waals surface area contributed by atoms with Crippen LogP contribution < -0.4 is 11.4 Å². The number of hydrogen-bond donors (Lipinski definition) is 1. The molecule has 0 saturated heterocycles.